The highest BCUT2D eigenvalue weighted by Crippen LogP contribution is 2.35. The van der Waals surface area contributed by atoms with Crippen LogP contribution in [-0.4, -0.2) is 29.8 Å². The third-order valence-electron chi connectivity index (χ3n) is 3.62. The van der Waals surface area contributed by atoms with Crippen molar-refractivity contribution in [2.75, 3.05) is 13.1 Å². The number of rotatable bonds is 3. The van der Waals surface area contributed by atoms with E-state index in [4.69, 9.17) is 17.3 Å². The molecule has 4 nitrogen and oxygen atoms in total. The predicted molar refractivity (Wildman–Crippen MR) is 79.4 cm³/mol. The molecule has 0 bridgehead atoms. The maximum atomic E-state index is 12.8. The lowest BCUT2D eigenvalue weighted by molar-refractivity contribution is -0.137. The van der Waals surface area contributed by atoms with Gasteiger partial charge in [-0.15, -0.1) is 0 Å². The molecule has 1 aromatic rings. The Hall–Kier alpha value is -2.02. The number of halogens is 4. The van der Waals surface area contributed by atoms with E-state index in [-0.39, 0.29) is 23.9 Å². The zero-order valence-corrected chi connectivity index (χ0v) is 12.7. The Labute approximate surface area is 135 Å². The van der Waals surface area contributed by atoms with Gasteiger partial charge in [0.1, 0.15) is 0 Å². The van der Waals surface area contributed by atoms with E-state index in [1.807, 2.05) is 0 Å². The van der Waals surface area contributed by atoms with E-state index < -0.39 is 22.7 Å². The molecule has 0 radical (unpaired) electrons. The molecule has 0 aromatic heterocycles. The van der Waals surface area contributed by atoms with Crippen LogP contribution in [0.4, 0.5) is 13.2 Å². The van der Waals surface area contributed by atoms with E-state index in [0.29, 0.717) is 13.0 Å². The lowest BCUT2D eigenvalue weighted by Gasteiger charge is -2.13. The number of hydrogen-bond donors (Lipinski definition) is 1. The van der Waals surface area contributed by atoms with Crippen molar-refractivity contribution in [2.45, 2.75) is 12.6 Å². The minimum Gasteiger partial charge on any atom is -0.369 e. The first-order valence-electron chi connectivity index (χ1n) is 6.81. The molecule has 0 spiro atoms. The summed E-state index contributed by atoms with van der Waals surface area (Å²) in [7, 11) is 0. The van der Waals surface area contributed by atoms with E-state index in [9.17, 15) is 22.8 Å². The van der Waals surface area contributed by atoms with Crippen molar-refractivity contribution in [1.82, 2.24) is 4.90 Å². The Morgan fingerprint density at radius 3 is 2.61 bits per heavy atom. The van der Waals surface area contributed by atoms with Gasteiger partial charge in [0.25, 0.3) is 0 Å². The molecule has 124 valence electrons. The van der Waals surface area contributed by atoms with Gasteiger partial charge in [0.05, 0.1) is 16.5 Å². The van der Waals surface area contributed by atoms with Crippen molar-refractivity contribution < 1.29 is 22.8 Å². The summed E-state index contributed by atoms with van der Waals surface area (Å²) in [5.74, 6) is -1.21. The second kappa shape index (κ2) is 6.62. The molecule has 1 saturated heterocycles. The minimum atomic E-state index is -4.56. The first-order chi connectivity index (χ1) is 10.7. The molecule has 1 aromatic carbocycles. The van der Waals surface area contributed by atoms with E-state index in [0.717, 1.165) is 12.1 Å². The zero-order valence-electron chi connectivity index (χ0n) is 11.9. The summed E-state index contributed by atoms with van der Waals surface area (Å²) in [6.07, 6.45) is -1.61. The molecule has 23 heavy (non-hydrogen) atoms. The Kier molecular flexibility index (Phi) is 4.99. The van der Waals surface area contributed by atoms with Gasteiger partial charge in [-0.3, -0.25) is 9.59 Å². The van der Waals surface area contributed by atoms with E-state index in [1.54, 1.807) is 0 Å². The van der Waals surface area contributed by atoms with Crippen LogP contribution in [0.1, 0.15) is 17.5 Å². The Balaban J connectivity index is 2.09. The van der Waals surface area contributed by atoms with Crippen LogP contribution in [0, 0.1) is 5.92 Å². The lowest BCUT2D eigenvalue weighted by Crippen LogP contribution is -2.30. The number of amides is 2. The van der Waals surface area contributed by atoms with Crippen molar-refractivity contribution in [3.63, 3.8) is 0 Å². The van der Waals surface area contributed by atoms with Crippen molar-refractivity contribution in [1.29, 1.82) is 0 Å². The number of carbonyl (C=O) groups is 2. The maximum absolute atomic E-state index is 12.8. The number of primary amides is 1. The van der Waals surface area contributed by atoms with Crippen LogP contribution in [0.3, 0.4) is 0 Å². The highest BCUT2D eigenvalue weighted by atomic mass is 35.5. The van der Waals surface area contributed by atoms with Crippen LogP contribution in [0.15, 0.2) is 24.3 Å². The molecule has 1 atom stereocenters. The number of nitrogens with zero attached hydrogens (tertiary/aromatic N) is 1. The summed E-state index contributed by atoms with van der Waals surface area (Å²) in [5.41, 5.74) is 4.44. The number of alkyl halides is 3. The van der Waals surface area contributed by atoms with E-state index in [1.165, 1.54) is 23.1 Å². The summed E-state index contributed by atoms with van der Waals surface area (Å²) in [4.78, 5) is 24.5. The number of benzene rings is 1. The fourth-order valence-electron chi connectivity index (χ4n) is 2.33. The molecule has 0 saturated carbocycles. The predicted octanol–water partition coefficient (Wildman–Crippen LogP) is 2.71. The molecular weight excluding hydrogens is 333 g/mol. The van der Waals surface area contributed by atoms with Gasteiger partial charge in [0, 0.05) is 19.2 Å². The number of hydrogen-bond acceptors (Lipinski definition) is 2. The summed E-state index contributed by atoms with van der Waals surface area (Å²) in [6, 6.07) is 3.40. The molecule has 2 amide bonds. The molecular formula is C15H14ClF3N2O2. The molecule has 2 N–H and O–H groups in total. The summed E-state index contributed by atoms with van der Waals surface area (Å²) < 4.78 is 38.3. The van der Waals surface area contributed by atoms with Gasteiger partial charge < -0.3 is 10.6 Å². The highest BCUT2D eigenvalue weighted by molar-refractivity contribution is 6.31. The van der Waals surface area contributed by atoms with Crippen LogP contribution in [0.2, 0.25) is 5.02 Å². The van der Waals surface area contributed by atoms with Crippen LogP contribution in [-0.2, 0) is 15.8 Å². The first-order valence-corrected chi connectivity index (χ1v) is 7.19. The van der Waals surface area contributed by atoms with Gasteiger partial charge in [0.15, 0.2) is 0 Å². The molecule has 1 fully saturated rings. The van der Waals surface area contributed by atoms with Crippen LogP contribution < -0.4 is 5.73 Å². The third-order valence-corrected chi connectivity index (χ3v) is 3.95. The van der Waals surface area contributed by atoms with Gasteiger partial charge in [-0.2, -0.15) is 13.2 Å². The van der Waals surface area contributed by atoms with Crippen molar-refractivity contribution in [2.24, 2.45) is 11.7 Å². The molecule has 0 aliphatic carbocycles. The smallest absolute Gasteiger partial charge is 0.369 e. The fraction of sp³-hybridized carbons (Fsp3) is 0.333. The monoisotopic (exact) mass is 346 g/mol. The maximum Gasteiger partial charge on any atom is 0.417 e. The van der Waals surface area contributed by atoms with Gasteiger partial charge in [-0.1, -0.05) is 17.7 Å². The summed E-state index contributed by atoms with van der Waals surface area (Å²) >= 11 is 5.53. The zero-order chi connectivity index (χ0) is 17.2. The lowest BCUT2D eigenvalue weighted by atomic mass is 10.1. The molecule has 1 heterocycles. The molecule has 1 aliphatic rings. The fourth-order valence-corrected chi connectivity index (χ4v) is 2.55. The quantitative estimate of drug-likeness (QED) is 0.855. The highest BCUT2D eigenvalue weighted by Gasteiger charge is 2.33. The largest absolute Gasteiger partial charge is 0.417 e. The van der Waals surface area contributed by atoms with E-state index >= 15 is 0 Å². The molecule has 1 aliphatic heterocycles. The SMILES string of the molecule is NC(=O)[C@H]1CCN(C(=O)/C=C\c2ccc(Cl)c(C(F)(F)F)c2)C1. The average molecular weight is 347 g/mol. The summed E-state index contributed by atoms with van der Waals surface area (Å²) in [6.45, 7) is 0.623. The van der Waals surface area contributed by atoms with Gasteiger partial charge in [0.2, 0.25) is 11.8 Å². The van der Waals surface area contributed by atoms with Crippen molar-refractivity contribution >= 4 is 29.5 Å². The molecule has 8 heteroatoms. The normalized spacial score (nSPS) is 18.6. The van der Waals surface area contributed by atoms with Crippen LogP contribution >= 0.6 is 11.6 Å². The second-order valence-corrected chi connectivity index (χ2v) is 5.65. The standard InChI is InChI=1S/C15H14ClF3N2O2/c16-12-3-1-9(7-11(12)15(17,18)19)2-4-13(22)21-6-5-10(8-21)14(20)23/h1-4,7,10H,5-6,8H2,(H2,20,23)/b4-2-/t10-/m0/s1. The topological polar surface area (TPSA) is 63.4 Å². The second-order valence-electron chi connectivity index (χ2n) is 5.24. The molecule has 2 rings (SSSR count). The van der Waals surface area contributed by atoms with E-state index in [2.05, 4.69) is 0 Å². The first kappa shape index (κ1) is 17.3. The van der Waals surface area contributed by atoms with Crippen LogP contribution in [0.5, 0.6) is 0 Å². The Bertz CT molecular complexity index is 659. The Morgan fingerprint density at radius 2 is 2.04 bits per heavy atom. The van der Waals surface area contributed by atoms with Crippen molar-refractivity contribution in [3.05, 3.63) is 40.4 Å². The molecule has 0 unspecified atom stereocenters. The van der Waals surface area contributed by atoms with Gasteiger partial charge in [-0.25, -0.2) is 0 Å². The third kappa shape index (κ3) is 4.25. The number of carbonyl (C=O) groups excluding carboxylic acids is 2. The van der Waals surface area contributed by atoms with Crippen molar-refractivity contribution in [3.8, 4) is 0 Å². The van der Waals surface area contributed by atoms with Gasteiger partial charge >= 0.3 is 6.18 Å². The average Bonchev–Trinajstić information content (AvgIpc) is 2.95. The van der Waals surface area contributed by atoms with Crippen LogP contribution in [0.25, 0.3) is 6.08 Å². The summed E-state index contributed by atoms with van der Waals surface area (Å²) in [5, 5.41) is -0.398. The Morgan fingerprint density at radius 1 is 1.35 bits per heavy atom. The number of nitrogens with two attached hydrogens (primary N) is 1. The number of likely N-dealkylation sites (tertiary alicyclic amines) is 1. The van der Waals surface area contributed by atoms with Gasteiger partial charge in [-0.05, 0) is 30.2 Å². The minimum absolute atomic E-state index is 0.209.